The molecule has 0 bridgehead atoms. The van der Waals surface area contributed by atoms with Gasteiger partial charge in [0.15, 0.2) is 0 Å². The Kier molecular flexibility index (Phi) is 7.63. The molecular weight excluding hydrogens is 529 g/mol. The van der Waals surface area contributed by atoms with Gasteiger partial charge in [0.1, 0.15) is 4.88 Å². The summed E-state index contributed by atoms with van der Waals surface area (Å²) in [5, 5.41) is 8.79. The Morgan fingerprint density at radius 2 is 1.57 bits per heavy atom. The molecule has 6 nitrogen and oxygen atoms in total. The molecule has 3 aromatic rings. The Bertz CT molecular complexity index is 1320. The van der Waals surface area contributed by atoms with Crippen LogP contribution in [0.15, 0.2) is 36.4 Å². The smallest absolute Gasteiger partial charge is 0.321 e. The molecular formula is C23H19F7N4O2S. The van der Waals surface area contributed by atoms with Crippen molar-refractivity contribution in [1.29, 1.82) is 0 Å². The fraction of sp³-hybridized carbons (Fsp3) is 0.304. The van der Waals surface area contributed by atoms with Crippen molar-refractivity contribution in [2.45, 2.75) is 45.2 Å². The van der Waals surface area contributed by atoms with Gasteiger partial charge in [0.25, 0.3) is 11.8 Å². The minimum Gasteiger partial charge on any atom is -0.321 e. The summed E-state index contributed by atoms with van der Waals surface area (Å²) in [6.07, 6.45) is -12.6. The highest BCUT2D eigenvalue weighted by Gasteiger charge is 2.73. The third-order valence-corrected chi connectivity index (χ3v) is 6.28. The fourth-order valence-electron chi connectivity index (χ4n) is 3.56. The molecule has 1 aromatic heterocycles. The number of amides is 2. The van der Waals surface area contributed by atoms with Gasteiger partial charge in [-0.2, -0.15) is 26.3 Å². The molecule has 0 atom stereocenters. The number of aromatic nitrogens is 2. The number of aryl methyl sites for hydroxylation is 3. The lowest BCUT2D eigenvalue weighted by Gasteiger charge is -2.31. The molecule has 2 N–H and O–H groups in total. The molecule has 198 valence electrons. The van der Waals surface area contributed by atoms with Crippen LogP contribution in [-0.4, -0.2) is 33.8 Å². The number of hydrogen-bond donors (Lipinski definition) is 2. The second kappa shape index (κ2) is 10.1. The zero-order valence-corrected chi connectivity index (χ0v) is 20.3. The van der Waals surface area contributed by atoms with Crippen molar-refractivity contribution in [1.82, 2.24) is 9.59 Å². The number of benzene rings is 2. The van der Waals surface area contributed by atoms with Crippen molar-refractivity contribution in [2.75, 3.05) is 10.6 Å². The quantitative estimate of drug-likeness (QED) is 0.344. The van der Waals surface area contributed by atoms with E-state index < -0.39 is 35.4 Å². The molecule has 0 fully saturated rings. The third-order valence-electron chi connectivity index (χ3n) is 5.46. The van der Waals surface area contributed by atoms with Gasteiger partial charge in [0.2, 0.25) is 0 Å². The molecule has 0 saturated carbocycles. The molecule has 0 radical (unpaired) electrons. The minimum atomic E-state index is -6.26. The molecule has 0 unspecified atom stereocenters. The van der Waals surface area contributed by atoms with Crippen molar-refractivity contribution in [2.24, 2.45) is 0 Å². The van der Waals surface area contributed by atoms with E-state index in [1.165, 1.54) is 31.2 Å². The van der Waals surface area contributed by atoms with Crippen LogP contribution in [-0.2, 0) is 12.1 Å². The molecule has 0 aliphatic carbocycles. The van der Waals surface area contributed by atoms with Crippen LogP contribution < -0.4 is 10.6 Å². The Labute approximate surface area is 210 Å². The number of hydrogen-bond acceptors (Lipinski definition) is 5. The molecule has 2 aromatic carbocycles. The fourth-order valence-corrected chi connectivity index (χ4v) is 4.11. The lowest BCUT2D eigenvalue weighted by atomic mass is 9.89. The molecule has 1 heterocycles. The van der Waals surface area contributed by atoms with Crippen LogP contribution in [0, 0.1) is 13.8 Å². The average Bonchev–Trinajstić information content (AvgIpc) is 3.24. The summed E-state index contributed by atoms with van der Waals surface area (Å²) >= 11 is 0.881. The highest BCUT2D eigenvalue weighted by molar-refractivity contribution is 7.08. The van der Waals surface area contributed by atoms with Crippen LogP contribution in [0.3, 0.4) is 0 Å². The Balaban J connectivity index is 1.92. The topological polar surface area (TPSA) is 84.0 Å². The monoisotopic (exact) mass is 548 g/mol. The van der Waals surface area contributed by atoms with Gasteiger partial charge in [0.05, 0.1) is 5.69 Å². The van der Waals surface area contributed by atoms with Crippen molar-refractivity contribution in [3.63, 3.8) is 0 Å². The van der Waals surface area contributed by atoms with Crippen molar-refractivity contribution in [3.05, 3.63) is 69.2 Å². The lowest BCUT2D eigenvalue weighted by Crippen LogP contribution is -2.50. The summed E-state index contributed by atoms with van der Waals surface area (Å²) in [6.45, 7) is 4.19. The number of halogens is 7. The molecule has 3 rings (SSSR count). The minimum absolute atomic E-state index is 0.0351. The maximum Gasteiger partial charge on any atom is 0.435 e. The van der Waals surface area contributed by atoms with Crippen molar-refractivity contribution in [3.8, 4) is 0 Å². The number of alkyl halides is 7. The Hall–Kier alpha value is -3.55. The SMILES string of the molecule is CCc1cc(C(F)(C(F)(F)F)C(F)(F)F)cc(C)c1NC(=O)c1cccc(NC(=O)c2snnc2C)c1. The predicted molar refractivity (Wildman–Crippen MR) is 122 cm³/mol. The largest absolute Gasteiger partial charge is 0.435 e. The maximum atomic E-state index is 14.6. The van der Waals surface area contributed by atoms with E-state index in [1.807, 2.05) is 0 Å². The average molecular weight is 548 g/mol. The zero-order valence-electron chi connectivity index (χ0n) is 19.4. The van der Waals surface area contributed by atoms with Crippen LogP contribution in [0.1, 0.15) is 49.3 Å². The van der Waals surface area contributed by atoms with Crippen molar-refractivity contribution >= 4 is 34.7 Å². The second-order valence-electron chi connectivity index (χ2n) is 8.01. The summed E-state index contributed by atoms with van der Waals surface area (Å²) < 4.78 is 97.6. The van der Waals surface area contributed by atoms with Crippen molar-refractivity contribution < 1.29 is 40.3 Å². The number of carbonyl (C=O) groups excluding carboxylic acids is 2. The highest BCUT2D eigenvalue weighted by atomic mass is 32.1. The van der Waals surface area contributed by atoms with Crippen LogP contribution in [0.25, 0.3) is 0 Å². The first-order valence-electron chi connectivity index (χ1n) is 10.6. The number of rotatable bonds is 6. The summed E-state index contributed by atoms with van der Waals surface area (Å²) in [7, 11) is 0. The zero-order chi connectivity index (χ0) is 27.8. The van der Waals surface area contributed by atoms with Crippen LogP contribution in [0.2, 0.25) is 0 Å². The van der Waals surface area contributed by atoms with E-state index in [1.54, 1.807) is 6.92 Å². The van der Waals surface area contributed by atoms with Gasteiger partial charge in [-0.3, -0.25) is 9.59 Å². The van der Waals surface area contributed by atoms with Gasteiger partial charge >= 0.3 is 18.0 Å². The lowest BCUT2D eigenvalue weighted by molar-refractivity contribution is -0.348. The van der Waals surface area contributed by atoms with E-state index in [0.717, 1.165) is 18.5 Å². The first kappa shape index (κ1) is 28.0. The first-order valence-corrected chi connectivity index (χ1v) is 11.4. The van der Waals surface area contributed by atoms with E-state index >= 15 is 0 Å². The highest BCUT2D eigenvalue weighted by Crippen LogP contribution is 2.53. The normalized spacial score (nSPS) is 12.4. The summed E-state index contributed by atoms with van der Waals surface area (Å²) in [6, 6.07) is 6.55. The summed E-state index contributed by atoms with van der Waals surface area (Å²) in [5.74, 6) is -1.26. The standard InChI is InChI=1S/C23H19F7N4O2S/c1-4-13-9-15(21(24,22(25,26)27)23(28,29)30)8-11(2)17(13)32-19(35)14-6-5-7-16(10-14)31-20(36)18-12(3)33-34-37-18/h5-10H,4H2,1-3H3,(H,31,36)(H,32,35). The van der Waals surface area contributed by atoms with E-state index in [4.69, 9.17) is 0 Å². The number of nitrogens with one attached hydrogen (secondary N) is 2. The second-order valence-corrected chi connectivity index (χ2v) is 8.77. The van der Waals surface area contributed by atoms with Gasteiger partial charge in [0, 0.05) is 22.5 Å². The van der Waals surface area contributed by atoms with Gasteiger partial charge in [-0.05, 0) is 67.2 Å². The molecule has 0 saturated heterocycles. The van der Waals surface area contributed by atoms with Gasteiger partial charge in [-0.15, -0.1) is 5.10 Å². The van der Waals surface area contributed by atoms with Gasteiger partial charge in [-0.1, -0.05) is 23.5 Å². The van der Waals surface area contributed by atoms with E-state index in [0.29, 0.717) is 17.8 Å². The number of nitrogens with zero attached hydrogens (tertiary/aromatic N) is 2. The van der Waals surface area contributed by atoms with Crippen LogP contribution in [0.5, 0.6) is 0 Å². The Morgan fingerprint density at radius 3 is 2.11 bits per heavy atom. The summed E-state index contributed by atoms with van der Waals surface area (Å²) in [5.41, 5.74) is -6.90. The van der Waals surface area contributed by atoms with Gasteiger partial charge in [-0.25, -0.2) is 4.39 Å². The number of anilines is 2. The van der Waals surface area contributed by atoms with Crippen LogP contribution >= 0.6 is 11.5 Å². The predicted octanol–water partition coefficient (Wildman–Crippen LogP) is 6.51. The van der Waals surface area contributed by atoms with E-state index in [2.05, 4.69) is 20.2 Å². The van der Waals surface area contributed by atoms with Crippen LogP contribution in [0.4, 0.5) is 42.1 Å². The molecule has 14 heteroatoms. The maximum absolute atomic E-state index is 14.6. The van der Waals surface area contributed by atoms with E-state index in [9.17, 15) is 40.3 Å². The Morgan fingerprint density at radius 1 is 0.919 bits per heavy atom. The molecule has 2 amide bonds. The number of carbonyl (C=O) groups is 2. The molecule has 0 spiro atoms. The van der Waals surface area contributed by atoms with E-state index in [-0.39, 0.29) is 39.4 Å². The third kappa shape index (κ3) is 5.43. The molecule has 0 aliphatic rings. The molecule has 37 heavy (non-hydrogen) atoms. The molecule has 0 aliphatic heterocycles. The van der Waals surface area contributed by atoms with Gasteiger partial charge < -0.3 is 10.6 Å². The summed E-state index contributed by atoms with van der Waals surface area (Å²) in [4.78, 5) is 25.5. The first-order chi connectivity index (χ1) is 17.1.